The van der Waals surface area contributed by atoms with Crippen LogP contribution in [0, 0.1) is 5.82 Å². The zero-order valence-electron chi connectivity index (χ0n) is 11.0. The first-order valence-corrected chi connectivity index (χ1v) is 6.75. The van der Waals surface area contributed by atoms with Crippen LogP contribution in [0.4, 0.5) is 15.8 Å². The van der Waals surface area contributed by atoms with Crippen molar-refractivity contribution in [2.24, 2.45) is 5.73 Å². The number of pyridine rings is 1. The minimum Gasteiger partial charge on any atom is -0.389 e. The van der Waals surface area contributed by atoms with E-state index in [0.717, 1.165) is 16.5 Å². The van der Waals surface area contributed by atoms with Gasteiger partial charge in [0, 0.05) is 29.0 Å². The molecule has 3 N–H and O–H groups in total. The van der Waals surface area contributed by atoms with Crippen LogP contribution in [0.1, 0.15) is 5.56 Å². The molecular formula is C16H12FN3S. The van der Waals surface area contributed by atoms with E-state index in [1.807, 2.05) is 24.3 Å². The second-order valence-corrected chi connectivity index (χ2v) is 5.03. The molecule has 0 bridgehead atoms. The molecule has 21 heavy (non-hydrogen) atoms. The molecule has 0 radical (unpaired) electrons. The summed E-state index contributed by atoms with van der Waals surface area (Å²) >= 11 is 4.84. The highest BCUT2D eigenvalue weighted by molar-refractivity contribution is 7.80. The fourth-order valence-electron chi connectivity index (χ4n) is 2.14. The normalized spacial score (nSPS) is 10.5. The molecule has 104 valence electrons. The minimum absolute atomic E-state index is 0.176. The van der Waals surface area contributed by atoms with Crippen LogP contribution in [-0.2, 0) is 0 Å². The summed E-state index contributed by atoms with van der Waals surface area (Å²) in [5.41, 5.74) is 7.16. The van der Waals surface area contributed by atoms with Crippen LogP contribution < -0.4 is 11.1 Å². The first-order chi connectivity index (χ1) is 10.1. The van der Waals surface area contributed by atoms with E-state index in [2.05, 4.69) is 10.3 Å². The number of nitrogens with zero attached hydrogens (tertiary/aromatic N) is 1. The third-order valence-corrected chi connectivity index (χ3v) is 3.44. The van der Waals surface area contributed by atoms with Crippen LogP contribution in [0.25, 0.3) is 10.8 Å². The monoisotopic (exact) mass is 297 g/mol. The predicted molar refractivity (Wildman–Crippen MR) is 87.3 cm³/mol. The number of fused-ring (bicyclic) bond motifs is 1. The molecule has 0 saturated carbocycles. The van der Waals surface area contributed by atoms with Crippen molar-refractivity contribution < 1.29 is 4.39 Å². The molecule has 0 aliphatic carbocycles. The molecule has 3 rings (SSSR count). The highest BCUT2D eigenvalue weighted by Crippen LogP contribution is 2.27. The number of rotatable bonds is 3. The van der Waals surface area contributed by atoms with Crippen molar-refractivity contribution in [1.29, 1.82) is 0 Å². The Labute approximate surface area is 126 Å². The lowest BCUT2D eigenvalue weighted by molar-refractivity contribution is 0.631. The van der Waals surface area contributed by atoms with Gasteiger partial charge in [-0.15, -0.1) is 0 Å². The van der Waals surface area contributed by atoms with Crippen LogP contribution in [-0.4, -0.2) is 9.97 Å². The molecule has 3 aromatic rings. The topological polar surface area (TPSA) is 50.9 Å². The summed E-state index contributed by atoms with van der Waals surface area (Å²) in [6.07, 6.45) is 3.47. The van der Waals surface area contributed by atoms with Crippen LogP contribution in [0.15, 0.2) is 54.9 Å². The molecule has 5 heteroatoms. The average molecular weight is 297 g/mol. The maximum atomic E-state index is 14.1. The number of hydrogen-bond acceptors (Lipinski definition) is 3. The molecule has 1 heterocycles. The molecule has 0 atom stereocenters. The van der Waals surface area contributed by atoms with Gasteiger partial charge in [-0.1, -0.05) is 24.4 Å². The summed E-state index contributed by atoms with van der Waals surface area (Å²) in [4.78, 5) is 4.28. The Balaban J connectivity index is 2.01. The van der Waals surface area contributed by atoms with Gasteiger partial charge in [-0.3, -0.25) is 4.98 Å². The minimum atomic E-state index is -0.402. The van der Waals surface area contributed by atoms with Crippen molar-refractivity contribution in [1.82, 2.24) is 4.98 Å². The van der Waals surface area contributed by atoms with Crippen LogP contribution in [0.3, 0.4) is 0 Å². The number of nitrogens with two attached hydrogens (primary N) is 1. The third kappa shape index (κ3) is 2.68. The summed E-state index contributed by atoms with van der Waals surface area (Å²) < 4.78 is 14.1. The number of aromatic nitrogens is 1. The van der Waals surface area contributed by atoms with Gasteiger partial charge < -0.3 is 11.1 Å². The summed E-state index contributed by atoms with van der Waals surface area (Å²) in [6, 6.07) is 12.3. The SMILES string of the molecule is NC(=S)c1ccc(Nc2cccc3ccncc23)c(F)c1. The lowest BCUT2D eigenvalue weighted by Gasteiger charge is -2.11. The summed E-state index contributed by atoms with van der Waals surface area (Å²) in [6.45, 7) is 0. The molecular weight excluding hydrogens is 285 g/mol. The number of hydrogen-bond donors (Lipinski definition) is 2. The Bertz CT molecular complexity index is 827. The van der Waals surface area contributed by atoms with E-state index >= 15 is 0 Å². The molecule has 0 amide bonds. The van der Waals surface area contributed by atoms with Gasteiger partial charge in [0.25, 0.3) is 0 Å². The number of halogens is 1. The third-order valence-electron chi connectivity index (χ3n) is 3.21. The summed E-state index contributed by atoms with van der Waals surface area (Å²) in [5.74, 6) is -0.402. The number of nitrogens with one attached hydrogen (secondary N) is 1. The Morgan fingerprint density at radius 3 is 2.76 bits per heavy atom. The first kappa shape index (κ1) is 13.5. The summed E-state index contributed by atoms with van der Waals surface area (Å²) in [7, 11) is 0. The zero-order valence-corrected chi connectivity index (χ0v) is 11.8. The van der Waals surface area contributed by atoms with Crippen molar-refractivity contribution in [2.75, 3.05) is 5.32 Å². The van der Waals surface area contributed by atoms with Crippen molar-refractivity contribution in [3.8, 4) is 0 Å². The van der Waals surface area contributed by atoms with Crippen molar-refractivity contribution in [3.05, 3.63) is 66.2 Å². The van der Waals surface area contributed by atoms with E-state index < -0.39 is 5.82 Å². The molecule has 0 fully saturated rings. The van der Waals surface area contributed by atoms with Crippen molar-refractivity contribution in [3.63, 3.8) is 0 Å². The van der Waals surface area contributed by atoms with Gasteiger partial charge in [-0.25, -0.2) is 4.39 Å². The molecule has 0 aliphatic rings. The highest BCUT2D eigenvalue weighted by Gasteiger charge is 2.07. The van der Waals surface area contributed by atoms with Crippen LogP contribution in [0.5, 0.6) is 0 Å². The van der Waals surface area contributed by atoms with Gasteiger partial charge in [-0.2, -0.15) is 0 Å². The lowest BCUT2D eigenvalue weighted by Crippen LogP contribution is -2.09. The van der Waals surface area contributed by atoms with E-state index in [1.165, 1.54) is 6.07 Å². The highest BCUT2D eigenvalue weighted by atomic mass is 32.1. The fourth-order valence-corrected chi connectivity index (χ4v) is 2.26. The first-order valence-electron chi connectivity index (χ1n) is 6.34. The van der Waals surface area contributed by atoms with E-state index in [9.17, 15) is 4.39 Å². The molecule has 1 aromatic heterocycles. The zero-order chi connectivity index (χ0) is 14.8. The second kappa shape index (κ2) is 5.46. The fraction of sp³-hybridized carbons (Fsp3) is 0. The number of benzene rings is 2. The molecule has 2 aromatic carbocycles. The van der Waals surface area contributed by atoms with Crippen LogP contribution in [0.2, 0.25) is 0 Å². The lowest BCUT2D eigenvalue weighted by atomic mass is 10.1. The van der Waals surface area contributed by atoms with Crippen LogP contribution >= 0.6 is 12.2 Å². The van der Waals surface area contributed by atoms with Gasteiger partial charge in [-0.05, 0) is 35.7 Å². The van der Waals surface area contributed by atoms with Gasteiger partial charge in [0.05, 0.1) is 5.69 Å². The molecule has 0 unspecified atom stereocenters. The molecule has 3 nitrogen and oxygen atoms in total. The maximum absolute atomic E-state index is 14.1. The molecule has 0 saturated heterocycles. The van der Waals surface area contributed by atoms with E-state index in [4.69, 9.17) is 18.0 Å². The summed E-state index contributed by atoms with van der Waals surface area (Å²) in [5, 5.41) is 5.05. The standard InChI is InChI=1S/C16H12FN3S/c17-13-8-11(16(18)21)4-5-15(13)20-14-3-1-2-10-6-7-19-9-12(10)14/h1-9,20H,(H2,18,21). The second-order valence-electron chi connectivity index (χ2n) is 4.59. The molecule has 0 aliphatic heterocycles. The predicted octanol–water partition coefficient (Wildman–Crippen LogP) is 3.75. The van der Waals surface area contributed by atoms with E-state index in [0.29, 0.717) is 11.3 Å². The van der Waals surface area contributed by atoms with Gasteiger partial charge in [0.1, 0.15) is 10.8 Å². The Morgan fingerprint density at radius 1 is 1.14 bits per heavy atom. The Hall–Kier alpha value is -2.53. The van der Waals surface area contributed by atoms with Crippen molar-refractivity contribution >= 4 is 39.4 Å². The average Bonchev–Trinajstić information content (AvgIpc) is 2.49. The van der Waals surface area contributed by atoms with Crippen molar-refractivity contribution in [2.45, 2.75) is 0 Å². The smallest absolute Gasteiger partial charge is 0.147 e. The number of anilines is 2. The Morgan fingerprint density at radius 2 is 2.00 bits per heavy atom. The quantitative estimate of drug-likeness (QED) is 0.723. The van der Waals surface area contributed by atoms with Gasteiger partial charge in [0.15, 0.2) is 0 Å². The number of thiocarbonyl (C=S) groups is 1. The Kier molecular flexibility index (Phi) is 3.50. The largest absolute Gasteiger partial charge is 0.389 e. The van der Waals surface area contributed by atoms with Gasteiger partial charge >= 0.3 is 0 Å². The molecule has 0 spiro atoms. The maximum Gasteiger partial charge on any atom is 0.147 e. The van der Waals surface area contributed by atoms with E-state index in [1.54, 1.807) is 24.5 Å². The van der Waals surface area contributed by atoms with Gasteiger partial charge in [0.2, 0.25) is 0 Å². The van der Waals surface area contributed by atoms with E-state index in [-0.39, 0.29) is 4.99 Å².